The fourth-order valence-corrected chi connectivity index (χ4v) is 3.42. The standard InChI is InChI=1S/C22H25N3O2S/c1-5-19(17-9-6-14(2)7-10-17)23-20(26)13-28-22-25-24-21(27-22)18-11-8-15(3)16(4)12-18/h6-12,19H,5,13H2,1-4H3,(H,23,26)/t19-/m0/s1. The van der Waals surface area contributed by atoms with Crippen molar-refractivity contribution in [2.45, 2.75) is 45.4 Å². The molecule has 1 aromatic heterocycles. The van der Waals surface area contributed by atoms with E-state index in [1.807, 2.05) is 25.1 Å². The number of rotatable bonds is 7. The lowest BCUT2D eigenvalue weighted by Crippen LogP contribution is -2.29. The van der Waals surface area contributed by atoms with Crippen LogP contribution in [0.25, 0.3) is 11.5 Å². The molecule has 1 heterocycles. The Morgan fingerprint density at radius 3 is 2.50 bits per heavy atom. The molecule has 0 aliphatic carbocycles. The number of aromatic nitrogens is 2. The second-order valence-electron chi connectivity index (χ2n) is 6.90. The van der Waals surface area contributed by atoms with Gasteiger partial charge in [-0.05, 0) is 56.0 Å². The van der Waals surface area contributed by atoms with Crippen LogP contribution in [0.1, 0.15) is 41.6 Å². The smallest absolute Gasteiger partial charge is 0.277 e. The van der Waals surface area contributed by atoms with Crippen LogP contribution in [0, 0.1) is 20.8 Å². The molecule has 0 radical (unpaired) electrons. The molecule has 1 atom stereocenters. The summed E-state index contributed by atoms with van der Waals surface area (Å²) in [6.45, 7) is 8.22. The molecule has 0 spiro atoms. The van der Waals surface area contributed by atoms with Crippen molar-refractivity contribution < 1.29 is 9.21 Å². The van der Waals surface area contributed by atoms with Crippen LogP contribution in [0.15, 0.2) is 52.1 Å². The summed E-state index contributed by atoms with van der Waals surface area (Å²) in [5.41, 5.74) is 5.59. The molecule has 0 fully saturated rings. The minimum Gasteiger partial charge on any atom is -0.411 e. The fourth-order valence-electron chi connectivity index (χ4n) is 2.84. The fraction of sp³-hybridized carbons (Fsp3) is 0.318. The summed E-state index contributed by atoms with van der Waals surface area (Å²) >= 11 is 1.25. The lowest BCUT2D eigenvalue weighted by molar-refractivity contribution is -0.119. The number of carbonyl (C=O) groups is 1. The first-order valence-electron chi connectivity index (χ1n) is 9.36. The van der Waals surface area contributed by atoms with Gasteiger partial charge in [0.1, 0.15) is 0 Å². The van der Waals surface area contributed by atoms with Crippen molar-refractivity contribution in [3.05, 3.63) is 64.7 Å². The van der Waals surface area contributed by atoms with Gasteiger partial charge in [-0.2, -0.15) is 0 Å². The Kier molecular flexibility index (Phi) is 6.52. The topological polar surface area (TPSA) is 68.0 Å². The van der Waals surface area contributed by atoms with Crippen molar-refractivity contribution in [1.29, 1.82) is 0 Å². The van der Waals surface area contributed by atoms with E-state index in [9.17, 15) is 4.79 Å². The SMILES string of the molecule is CC[C@H](NC(=O)CSc1nnc(-c2ccc(C)c(C)c2)o1)c1ccc(C)cc1. The van der Waals surface area contributed by atoms with E-state index in [0.717, 1.165) is 17.5 Å². The molecule has 3 aromatic rings. The van der Waals surface area contributed by atoms with Crippen molar-refractivity contribution in [3.63, 3.8) is 0 Å². The second-order valence-corrected chi connectivity index (χ2v) is 7.83. The van der Waals surface area contributed by atoms with E-state index in [-0.39, 0.29) is 17.7 Å². The van der Waals surface area contributed by atoms with Gasteiger partial charge in [-0.1, -0.05) is 54.6 Å². The number of amides is 1. The number of nitrogens with zero attached hydrogens (tertiary/aromatic N) is 2. The minimum atomic E-state index is -0.0524. The van der Waals surface area contributed by atoms with E-state index in [2.05, 4.69) is 60.6 Å². The third-order valence-corrected chi connectivity index (χ3v) is 5.53. The predicted octanol–water partition coefficient (Wildman–Crippen LogP) is 5.02. The summed E-state index contributed by atoms with van der Waals surface area (Å²) in [5.74, 6) is 0.650. The molecule has 0 aliphatic heterocycles. The lowest BCUT2D eigenvalue weighted by atomic mass is 10.0. The van der Waals surface area contributed by atoms with Gasteiger partial charge in [0, 0.05) is 5.56 Å². The van der Waals surface area contributed by atoms with Gasteiger partial charge in [-0.25, -0.2) is 0 Å². The minimum absolute atomic E-state index is 0.00230. The molecule has 2 aromatic carbocycles. The Labute approximate surface area is 170 Å². The van der Waals surface area contributed by atoms with Gasteiger partial charge in [0.15, 0.2) is 0 Å². The highest BCUT2D eigenvalue weighted by Crippen LogP contribution is 2.25. The Bertz CT molecular complexity index is 951. The molecule has 0 bridgehead atoms. The highest BCUT2D eigenvalue weighted by atomic mass is 32.2. The van der Waals surface area contributed by atoms with Crippen molar-refractivity contribution >= 4 is 17.7 Å². The monoisotopic (exact) mass is 395 g/mol. The van der Waals surface area contributed by atoms with Crippen LogP contribution in [0.5, 0.6) is 0 Å². The summed E-state index contributed by atoms with van der Waals surface area (Å²) in [7, 11) is 0. The van der Waals surface area contributed by atoms with Crippen LogP contribution in [-0.4, -0.2) is 21.9 Å². The Balaban J connectivity index is 1.58. The Hall–Kier alpha value is -2.60. The third kappa shape index (κ3) is 5.01. The summed E-state index contributed by atoms with van der Waals surface area (Å²) in [4.78, 5) is 12.4. The highest BCUT2D eigenvalue weighted by Gasteiger charge is 2.15. The molecule has 1 N–H and O–H groups in total. The van der Waals surface area contributed by atoms with E-state index in [0.29, 0.717) is 11.1 Å². The van der Waals surface area contributed by atoms with Gasteiger partial charge in [-0.15, -0.1) is 10.2 Å². The average molecular weight is 396 g/mol. The lowest BCUT2D eigenvalue weighted by Gasteiger charge is -2.17. The third-order valence-electron chi connectivity index (χ3n) is 4.71. The maximum Gasteiger partial charge on any atom is 0.277 e. The number of benzene rings is 2. The number of thioether (sulfide) groups is 1. The molecule has 146 valence electrons. The molecule has 28 heavy (non-hydrogen) atoms. The van der Waals surface area contributed by atoms with Crippen LogP contribution in [0.4, 0.5) is 0 Å². The van der Waals surface area contributed by atoms with Gasteiger partial charge in [0.25, 0.3) is 5.22 Å². The molecule has 0 aliphatic rings. The maximum atomic E-state index is 12.4. The van der Waals surface area contributed by atoms with Gasteiger partial charge < -0.3 is 9.73 Å². The molecule has 0 saturated carbocycles. The van der Waals surface area contributed by atoms with Crippen molar-refractivity contribution in [3.8, 4) is 11.5 Å². The number of hydrogen-bond donors (Lipinski definition) is 1. The summed E-state index contributed by atoms with van der Waals surface area (Å²) in [6, 6.07) is 14.3. The van der Waals surface area contributed by atoms with E-state index in [1.54, 1.807) is 0 Å². The van der Waals surface area contributed by atoms with Gasteiger partial charge in [-0.3, -0.25) is 4.79 Å². The number of hydrogen-bond acceptors (Lipinski definition) is 5. The Morgan fingerprint density at radius 2 is 1.82 bits per heavy atom. The van der Waals surface area contributed by atoms with Crippen LogP contribution < -0.4 is 5.32 Å². The molecule has 1 amide bonds. The molecule has 6 heteroatoms. The number of nitrogens with one attached hydrogen (secondary N) is 1. The summed E-state index contributed by atoms with van der Waals surface area (Å²) in [5, 5.41) is 11.6. The first-order chi connectivity index (χ1) is 13.5. The molecular formula is C22H25N3O2S. The zero-order valence-corrected chi connectivity index (χ0v) is 17.5. The van der Waals surface area contributed by atoms with Gasteiger partial charge >= 0.3 is 0 Å². The van der Waals surface area contributed by atoms with E-state index in [1.165, 1.54) is 28.5 Å². The maximum absolute atomic E-state index is 12.4. The normalized spacial score (nSPS) is 12.0. The summed E-state index contributed by atoms with van der Waals surface area (Å²) in [6.07, 6.45) is 0.830. The molecule has 0 saturated heterocycles. The molecule has 0 unspecified atom stereocenters. The molecule has 3 rings (SSSR count). The average Bonchev–Trinajstić information content (AvgIpc) is 3.16. The van der Waals surface area contributed by atoms with Crippen molar-refractivity contribution in [1.82, 2.24) is 15.5 Å². The van der Waals surface area contributed by atoms with Gasteiger partial charge in [0.2, 0.25) is 11.8 Å². The zero-order valence-electron chi connectivity index (χ0n) is 16.7. The van der Waals surface area contributed by atoms with Crippen LogP contribution >= 0.6 is 11.8 Å². The predicted molar refractivity (Wildman–Crippen MR) is 112 cm³/mol. The summed E-state index contributed by atoms with van der Waals surface area (Å²) < 4.78 is 5.70. The first-order valence-corrected chi connectivity index (χ1v) is 10.3. The molecular weight excluding hydrogens is 370 g/mol. The van der Waals surface area contributed by atoms with Gasteiger partial charge in [0.05, 0.1) is 11.8 Å². The second kappa shape index (κ2) is 9.06. The number of carbonyl (C=O) groups excluding carboxylic acids is 1. The van der Waals surface area contributed by atoms with E-state index in [4.69, 9.17) is 4.42 Å². The van der Waals surface area contributed by atoms with Crippen molar-refractivity contribution in [2.75, 3.05) is 5.75 Å². The van der Waals surface area contributed by atoms with E-state index >= 15 is 0 Å². The quantitative estimate of drug-likeness (QED) is 0.569. The highest BCUT2D eigenvalue weighted by molar-refractivity contribution is 7.99. The number of aryl methyl sites for hydroxylation is 3. The molecule has 5 nitrogen and oxygen atoms in total. The Morgan fingerprint density at radius 1 is 1.07 bits per heavy atom. The van der Waals surface area contributed by atoms with Crippen molar-refractivity contribution in [2.24, 2.45) is 0 Å². The van der Waals surface area contributed by atoms with Crippen LogP contribution in [0.2, 0.25) is 0 Å². The largest absolute Gasteiger partial charge is 0.411 e. The first kappa shape index (κ1) is 20.1. The van der Waals surface area contributed by atoms with Crippen LogP contribution in [-0.2, 0) is 4.79 Å². The van der Waals surface area contributed by atoms with Crippen LogP contribution in [0.3, 0.4) is 0 Å². The van der Waals surface area contributed by atoms with E-state index < -0.39 is 0 Å². The zero-order chi connectivity index (χ0) is 20.1.